The Kier molecular flexibility index (Phi) is 5.05. The van der Waals surface area contributed by atoms with E-state index in [0.717, 1.165) is 0 Å². The van der Waals surface area contributed by atoms with Crippen molar-refractivity contribution in [2.45, 2.75) is 26.7 Å². The molecule has 4 heteroatoms. The van der Waals surface area contributed by atoms with Crippen molar-refractivity contribution in [1.29, 1.82) is 0 Å². The number of carbonyl (C=O) groups is 2. The van der Waals surface area contributed by atoms with Crippen molar-refractivity contribution in [3.8, 4) is 0 Å². The van der Waals surface area contributed by atoms with Gasteiger partial charge in [-0.2, -0.15) is 0 Å². The third kappa shape index (κ3) is 3.38. The summed E-state index contributed by atoms with van der Waals surface area (Å²) in [6.45, 7) is 7.20. The fourth-order valence-electron chi connectivity index (χ4n) is 1.28. The number of ether oxygens (including phenoxy) is 2. The standard InChI is InChI=1S/C11H18O4/c1-6-11(3,10(13)15-5)7-8(2)9(12)14-4/h2,6-7H2,1,3-5H3. The van der Waals surface area contributed by atoms with Crippen LogP contribution in [-0.2, 0) is 19.1 Å². The Hall–Kier alpha value is -1.32. The molecule has 0 aromatic heterocycles. The summed E-state index contributed by atoms with van der Waals surface area (Å²) in [7, 11) is 2.62. The predicted octanol–water partition coefficient (Wildman–Crippen LogP) is 1.70. The van der Waals surface area contributed by atoms with Gasteiger partial charge in [0.05, 0.1) is 19.6 Å². The van der Waals surface area contributed by atoms with Crippen molar-refractivity contribution in [3.63, 3.8) is 0 Å². The smallest absolute Gasteiger partial charge is 0.333 e. The zero-order valence-corrected chi connectivity index (χ0v) is 9.75. The first-order valence-corrected chi connectivity index (χ1v) is 4.75. The molecule has 1 unspecified atom stereocenters. The normalized spacial score (nSPS) is 13.9. The predicted molar refractivity (Wildman–Crippen MR) is 56.2 cm³/mol. The molecule has 86 valence electrons. The van der Waals surface area contributed by atoms with Gasteiger partial charge in [-0.3, -0.25) is 4.79 Å². The van der Waals surface area contributed by atoms with E-state index in [-0.39, 0.29) is 18.0 Å². The molecule has 4 nitrogen and oxygen atoms in total. The Morgan fingerprint density at radius 3 is 2.13 bits per heavy atom. The molecule has 0 fully saturated rings. The number of esters is 2. The molecule has 1 atom stereocenters. The second-order valence-electron chi connectivity index (χ2n) is 3.68. The quantitative estimate of drug-likeness (QED) is 0.516. The lowest BCUT2D eigenvalue weighted by molar-refractivity contribution is -0.152. The van der Waals surface area contributed by atoms with Gasteiger partial charge in [0.1, 0.15) is 0 Å². The van der Waals surface area contributed by atoms with Crippen molar-refractivity contribution in [2.75, 3.05) is 14.2 Å². The lowest BCUT2D eigenvalue weighted by Crippen LogP contribution is -2.30. The first kappa shape index (κ1) is 13.7. The second kappa shape index (κ2) is 5.53. The molecule has 0 heterocycles. The van der Waals surface area contributed by atoms with Gasteiger partial charge in [0.15, 0.2) is 0 Å². The summed E-state index contributed by atoms with van der Waals surface area (Å²) in [6.07, 6.45) is 0.832. The van der Waals surface area contributed by atoms with Crippen LogP contribution >= 0.6 is 0 Å². The van der Waals surface area contributed by atoms with Crippen LogP contribution in [0.15, 0.2) is 12.2 Å². The van der Waals surface area contributed by atoms with Crippen molar-refractivity contribution in [2.24, 2.45) is 5.41 Å². The molecular weight excluding hydrogens is 196 g/mol. The summed E-state index contributed by atoms with van der Waals surface area (Å²) in [5.74, 6) is -0.825. The van der Waals surface area contributed by atoms with Gasteiger partial charge in [-0.1, -0.05) is 13.5 Å². The lowest BCUT2D eigenvalue weighted by atomic mass is 9.81. The maximum Gasteiger partial charge on any atom is 0.333 e. The van der Waals surface area contributed by atoms with Gasteiger partial charge in [-0.05, 0) is 19.8 Å². The van der Waals surface area contributed by atoms with E-state index in [9.17, 15) is 9.59 Å². The summed E-state index contributed by atoms with van der Waals surface area (Å²) in [4.78, 5) is 22.6. The van der Waals surface area contributed by atoms with Crippen molar-refractivity contribution >= 4 is 11.9 Å². The van der Waals surface area contributed by atoms with Gasteiger partial charge >= 0.3 is 11.9 Å². The van der Waals surface area contributed by atoms with Crippen LogP contribution in [0.2, 0.25) is 0 Å². The maximum atomic E-state index is 11.5. The number of carbonyl (C=O) groups excluding carboxylic acids is 2. The minimum Gasteiger partial charge on any atom is -0.469 e. The zero-order valence-electron chi connectivity index (χ0n) is 9.75. The summed E-state index contributed by atoms with van der Waals surface area (Å²) in [5.41, 5.74) is -0.424. The summed E-state index contributed by atoms with van der Waals surface area (Å²) < 4.78 is 9.21. The number of hydrogen-bond acceptors (Lipinski definition) is 4. The fourth-order valence-corrected chi connectivity index (χ4v) is 1.28. The first-order chi connectivity index (χ1) is 6.91. The van der Waals surface area contributed by atoms with Crippen LogP contribution in [0.1, 0.15) is 26.7 Å². The van der Waals surface area contributed by atoms with E-state index >= 15 is 0 Å². The maximum absolute atomic E-state index is 11.5. The molecule has 0 saturated carbocycles. The highest BCUT2D eigenvalue weighted by atomic mass is 16.5. The van der Waals surface area contributed by atoms with Gasteiger partial charge in [0.25, 0.3) is 0 Å². The molecule has 15 heavy (non-hydrogen) atoms. The van der Waals surface area contributed by atoms with Crippen LogP contribution in [0.4, 0.5) is 0 Å². The summed E-state index contributed by atoms with van der Waals surface area (Å²) in [6, 6.07) is 0. The summed E-state index contributed by atoms with van der Waals surface area (Å²) >= 11 is 0. The minimum atomic E-state index is -0.708. The number of methoxy groups -OCH3 is 2. The fraction of sp³-hybridized carbons (Fsp3) is 0.636. The Balaban J connectivity index is 4.65. The lowest BCUT2D eigenvalue weighted by Gasteiger charge is -2.25. The molecule has 0 spiro atoms. The van der Waals surface area contributed by atoms with Crippen molar-refractivity contribution in [1.82, 2.24) is 0 Å². The van der Waals surface area contributed by atoms with E-state index in [0.29, 0.717) is 6.42 Å². The van der Waals surface area contributed by atoms with Gasteiger partial charge in [0, 0.05) is 5.57 Å². The molecule has 0 aliphatic carbocycles. The van der Waals surface area contributed by atoms with E-state index < -0.39 is 11.4 Å². The van der Waals surface area contributed by atoms with E-state index in [1.54, 1.807) is 6.92 Å². The van der Waals surface area contributed by atoms with Crippen LogP contribution in [0, 0.1) is 5.41 Å². The highest BCUT2D eigenvalue weighted by molar-refractivity contribution is 5.89. The number of rotatable bonds is 5. The van der Waals surface area contributed by atoms with E-state index in [2.05, 4.69) is 16.1 Å². The SMILES string of the molecule is C=C(CC(C)(CC)C(=O)OC)C(=O)OC. The van der Waals surface area contributed by atoms with Gasteiger partial charge in [0.2, 0.25) is 0 Å². The average Bonchev–Trinajstić information content (AvgIpc) is 2.26. The molecule has 0 aromatic carbocycles. The highest BCUT2D eigenvalue weighted by Gasteiger charge is 2.34. The Morgan fingerprint density at radius 2 is 1.80 bits per heavy atom. The minimum absolute atomic E-state index is 0.253. The molecular formula is C11H18O4. The van der Waals surface area contributed by atoms with Crippen LogP contribution in [0.25, 0.3) is 0 Å². The molecule has 0 radical (unpaired) electrons. The molecule has 0 aliphatic rings. The van der Waals surface area contributed by atoms with E-state index in [1.807, 2.05) is 6.92 Å². The topological polar surface area (TPSA) is 52.6 Å². The van der Waals surface area contributed by atoms with Crippen LogP contribution in [-0.4, -0.2) is 26.2 Å². The summed E-state index contributed by atoms with van der Waals surface area (Å²) in [5, 5.41) is 0. The molecule has 0 saturated heterocycles. The van der Waals surface area contributed by atoms with Gasteiger partial charge in [-0.25, -0.2) is 4.79 Å². The molecule has 0 aromatic rings. The van der Waals surface area contributed by atoms with Crippen LogP contribution < -0.4 is 0 Å². The molecule has 0 amide bonds. The first-order valence-electron chi connectivity index (χ1n) is 4.75. The molecule has 0 aliphatic heterocycles. The monoisotopic (exact) mass is 214 g/mol. The molecule has 0 bridgehead atoms. The van der Waals surface area contributed by atoms with Crippen molar-refractivity contribution in [3.05, 3.63) is 12.2 Å². The van der Waals surface area contributed by atoms with Crippen LogP contribution in [0.5, 0.6) is 0 Å². The van der Waals surface area contributed by atoms with E-state index in [4.69, 9.17) is 0 Å². The molecule has 0 rings (SSSR count). The zero-order chi connectivity index (χ0) is 12.1. The van der Waals surface area contributed by atoms with Crippen molar-refractivity contribution < 1.29 is 19.1 Å². The van der Waals surface area contributed by atoms with E-state index in [1.165, 1.54) is 14.2 Å². The molecule has 0 N–H and O–H groups in total. The third-order valence-corrected chi connectivity index (χ3v) is 2.54. The average molecular weight is 214 g/mol. The largest absolute Gasteiger partial charge is 0.469 e. The Bertz CT molecular complexity index is 270. The number of hydrogen-bond donors (Lipinski definition) is 0. The third-order valence-electron chi connectivity index (χ3n) is 2.54. The van der Waals surface area contributed by atoms with Gasteiger partial charge < -0.3 is 9.47 Å². The highest BCUT2D eigenvalue weighted by Crippen LogP contribution is 2.30. The van der Waals surface area contributed by atoms with Crippen LogP contribution in [0.3, 0.4) is 0 Å². The van der Waals surface area contributed by atoms with Gasteiger partial charge in [-0.15, -0.1) is 0 Å². The Morgan fingerprint density at radius 1 is 1.27 bits per heavy atom. The Labute approximate surface area is 90.2 Å². The second-order valence-corrected chi connectivity index (χ2v) is 3.68.